The van der Waals surface area contributed by atoms with Crippen molar-refractivity contribution in [2.24, 2.45) is 11.8 Å². The first-order valence-electron chi connectivity index (χ1n) is 7.70. The summed E-state index contributed by atoms with van der Waals surface area (Å²) in [6.45, 7) is 11.8. The highest BCUT2D eigenvalue weighted by atomic mass is 28.4. The van der Waals surface area contributed by atoms with Crippen molar-refractivity contribution < 1.29 is 4.43 Å². The summed E-state index contributed by atoms with van der Waals surface area (Å²) >= 11 is 0. The van der Waals surface area contributed by atoms with E-state index in [4.69, 9.17) is 4.43 Å². The molecule has 2 aliphatic carbocycles. The second kappa shape index (κ2) is 5.03. The summed E-state index contributed by atoms with van der Waals surface area (Å²) in [7, 11) is -1.64. The zero-order chi connectivity index (χ0) is 13.4. The fourth-order valence-corrected chi connectivity index (χ4v) is 4.21. The zero-order valence-corrected chi connectivity index (χ0v) is 13.9. The van der Waals surface area contributed by atoms with Gasteiger partial charge in [-0.15, -0.1) is 0 Å². The molecular weight excluding hydrogens is 236 g/mol. The van der Waals surface area contributed by atoms with E-state index in [-0.39, 0.29) is 0 Å². The van der Waals surface area contributed by atoms with E-state index in [0.29, 0.717) is 5.04 Å². The fraction of sp³-hybridized carbons (Fsp3) is 0.875. The average Bonchev–Trinajstić information content (AvgIpc) is 2.27. The molecule has 2 aliphatic rings. The standard InChI is InChI=1S/C16H30OSi/c1-16(2,3)18(4,5)17-15-12-8-10-13-9-6-7-11-14(13)15/h12-14H,6-11H2,1-5H3/t13-,14+/m0/s1. The van der Waals surface area contributed by atoms with E-state index in [1.165, 1.54) is 44.3 Å². The third kappa shape index (κ3) is 2.84. The monoisotopic (exact) mass is 266 g/mol. The van der Waals surface area contributed by atoms with Gasteiger partial charge in [-0.25, -0.2) is 0 Å². The molecule has 0 bridgehead atoms. The quantitative estimate of drug-likeness (QED) is 0.600. The Hall–Kier alpha value is -0.243. The van der Waals surface area contributed by atoms with E-state index in [0.717, 1.165) is 11.8 Å². The predicted molar refractivity (Wildman–Crippen MR) is 81.0 cm³/mol. The molecule has 0 radical (unpaired) electrons. The third-order valence-corrected chi connectivity index (χ3v) is 9.70. The van der Waals surface area contributed by atoms with Crippen LogP contribution >= 0.6 is 0 Å². The Morgan fingerprint density at radius 2 is 1.78 bits per heavy atom. The number of hydrogen-bond donors (Lipinski definition) is 0. The number of hydrogen-bond acceptors (Lipinski definition) is 1. The predicted octanol–water partition coefficient (Wildman–Crippen LogP) is 5.49. The van der Waals surface area contributed by atoms with Crippen LogP contribution in [0.4, 0.5) is 0 Å². The molecule has 0 unspecified atom stereocenters. The molecule has 0 saturated heterocycles. The Morgan fingerprint density at radius 1 is 1.11 bits per heavy atom. The minimum absolute atomic E-state index is 0.315. The van der Waals surface area contributed by atoms with Crippen LogP contribution in [0.1, 0.15) is 59.3 Å². The van der Waals surface area contributed by atoms with Crippen molar-refractivity contribution in [3.8, 4) is 0 Å². The Morgan fingerprint density at radius 3 is 2.44 bits per heavy atom. The van der Waals surface area contributed by atoms with Crippen molar-refractivity contribution in [3.05, 3.63) is 11.8 Å². The van der Waals surface area contributed by atoms with Crippen LogP contribution < -0.4 is 0 Å². The minimum Gasteiger partial charge on any atom is -0.547 e. The second-order valence-corrected chi connectivity index (χ2v) is 12.4. The first-order chi connectivity index (χ1) is 8.31. The summed E-state index contributed by atoms with van der Waals surface area (Å²) < 4.78 is 6.61. The van der Waals surface area contributed by atoms with Gasteiger partial charge in [0.25, 0.3) is 0 Å². The van der Waals surface area contributed by atoms with Gasteiger partial charge in [-0.1, -0.05) is 33.6 Å². The topological polar surface area (TPSA) is 9.23 Å². The SMILES string of the molecule is CC(C)(C)[Si](C)(C)OC1=CCC[C@@H]2CCCC[C@@H]12. The number of rotatable bonds is 2. The maximum Gasteiger partial charge on any atom is 0.250 e. The van der Waals surface area contributed by atoms with Gasteiger partial charge < -0.3 is 4.43 Å². The molecule has 0 spiro atoms. The molecule has 0 aromatic heterocycles. The lowest BCUT2D eigenvalue weighted by atomic mass is 9.73. The molecule has 0 aromatic carbocycles. The lowest BCUT2D eigenvalue weighted by Gasteiger charge is -2.43. The van der Waals surface area contributed by atoms with Crippen LogP contribution in [0.25, 0.3) is 0 Å². The van der Waals surface area contributed by atoms with Crippen molar-refractivity contribution in [2.45, 2.75) is 77.4 Å². The van der Waals surface area contributed by atoms with Crippen LogP contribution in [-0.4, -0.2) is 8.32 Å². The molecular formula is C16H30OSi. The van der Waals surface area contributed by atoms with Crippen molar-refractivity contribution in [1.29, 1.82) is 0 Å². The normalized spacial score (nSPS) is 29.5. The molecule has 1 nitrogen and oxygen atoms in total. The van der Waals surface area contributed by atoms with Crippen molar-refractivity contribution >= 4 is 8.32 Å². The minimum atomic E-state index is -1.64. The highest BCUT2D eigenvalue weighted by Gasteiger charge is 2.42. The van der Waals surface area contributed by atoms with Crippen LogP contribution in [0.5, 0.6) is 0 Å². The molecule has 0 heterocycles. The van der Waals surface area contributed by atoms with Gasteiger partial charge >= 0.3 is 0 Å². The molecule has 1 fully saturated rings. The molecule has 104 valence electrons. The van der Waals surface area contributed by atoms with Crippen molar-refractivity contribution in [1.82, 2.24) is 0 Å². The summed E-state index contributed by atoms with van der Waals surface area (Å²) in [5, 5.41) is 0.315. The average molecular weight is 267 g/mol. The largest absolute Gasteiger partial charge is 0.547 e. The van der Waals surface area contributed by atoms with Crippen LogP contribution in [0.3, 0.4) is 0 Å². The Labute approximate surface area is 114 Å². The zero-order valence-electron chi connectivity index (χ0n) is 12.9. The van der Waals surface area contributed by atoms with E-state index in [1.807, 2.05) is 0 Å². The summed E-state index contributed by atoms with van der Waals surface area (Å²) in [6, 6.07) is 0. The summed E-state index contributed by atoms with van der Waals surface area (Å²) in [6.07, 6.45) is 10.7. The van der Waals surface area contributed by atoms with Crippen molar-refractivity contribution in [3.63, 3.8) is 0 Å². The lowest BCUT2D eigenvalue weighted by molar-refractivity contribution is 0.180. The second-order valence-electron chi connectivity index (χ2n) is 7.70. The Kier molecular flexibility index (Phi) is 3.96. The van der Waals surface area contributed by atoms with E-state index >= 15 is 0 Å². The lowest BCUT2D eigenvalue weighted by Crippen LogP contribution is -2.42. The maximum absolute atomic E-state index is 6.61. The molecule has 2 heteroatoms. The van der Waals surface area contributed by atoms with E-state index < -0.39 is 8.32 Å². The van der Waals surface area contributed by atoms with Crippen LogP contribution in [0.2, 0.25) is 18.1 Å². The molecule has 0 N–H and O–H groups in total. The van der Waals surface area contributed by atoms with Gasteiger partial charge in [0.1, 0.15) is 0 Å². The molecule has 2 rings (SSSR count). The van der Waals surface area contributed by atoms with E-state index in [1.54, 1.807) is 0 Å². The third-order valence-electron chi connectivity index (χ3n) is 5.34. The van der Waals surface area contributed by atoms with Gasteiger partial charge in [0.05, 0.1) is 5.76 Å². The van der Waals surface area contributed by atoms with Gasteiger partial charge in [0.15, 0.2) is 0 Å². The highest BCUT2D eigenvalue weighted by molar-refractivity contribution is 6.74. The maximum atomic E-state index is 6.61. The number of fused-ring (bicyclic) bond motifs is 1. The molecule has 2 atom stereocenters. The molecule has 0 aliphatic heterocycles. The fourth-order valence-electron chi connectivity index (χ4n) is 3.08. The van der Waals surface area contributed by atoms with E-state index in [2.05, 4.69) is 39.9 Å². The van der Waals surface area contributed by atoms with Gasteiger partial charge in [0, 0.05) is 5.92 Å². The summed E-state index contributed by atoms with van der Waals surface area (Å²) in [4.78, 5) is 0. The van der Waals surface area contributed by atoms with Crippen LogP contribution in [0, 0.1) is 11.8 Å². The molecule has 18 heavy (non-hydrogen) atoms. The smallest absolute Gasteiger partial charge is 0.250 e. The van der Waals surface area contributed by atoms with Gasteiger partial charge in [-0.3, -0.25) is 0 Å². The summed E-state index contributed by atoms with van der Waals surface area (Å²) in [5.41, 5.74) is 0. The summed E-state index contributed by atoms with van der Waals surface area (Å²) in [5.74, 6) is 3.04. The van der Waals surface area contributed by atoms with Gasteiger partial charge in [-0.2, -0.15) is 0 Å². The van der Waals surface area contributed by atoms with Crippen LogP contribution in [0.15, 0.2) is 11.8 Å². The van der Waals surface area contributed by atoms with Gasteiger partial charge in [0.2, 0.25) is 8.32 Å². The highest BCUT2D eigenvalue weighted by Crippen LogP contribution is 2.45. The number of allylic oxidation sites excluding steroid dienone is 2. The Bertz CT molecular complexity index is 324. The molecule has 0 amide bonds. The van der Waals surface area contributed by atoms with Gasteiger partial charge in [-0.05, 0) is 55.8 Å². The first-order valence-corrected chi connectivity index (χ1v) is 10.6. The van der Waals surface area contributed by atoms with Crippen LogP contribution in [-0.2, 0) is 4.43 Å². The first kappa shape index (κ1) is 14.2. The van der Waals surface area contributed by atoms with E-state index in [9.17, 15) is 0 Å². The molecule has 1 saturated carbocycles. The molecule has 0 aromatic rings. The Balaban J connectivity index is 2.10. The van der Waals surface area contributed by atoms with Crippen molar-refractivity contribution in [2.75, 3.05) is 0 Å².